The largest absolute Gasteiger partial charge is 0.494 e. The third-order valence-corrected chi connectivity index (χ3v) is 3.25. The fourth-order valence-corrected chi connectivity index (χ4v) is 2.24. The van der Waals surface area contributed by atoms with E-state index in [0.717, 1.165) is 18.7 Å². The van der Waals surface area contributed by atoms with Gasteiger partial charge in [0.05, 0.1) is 6.61 Å². The van der Waals surface area contributed by atoms with E-state index in [9.17, 15) is 0 Å². The molecule has 2 heteroatoms. The van der Waals surface area contributed by atoms with Gasteiger partial charge in [-0.25, -0.2) is 0 Å². The van der Waals surface area contributed by atoms with E-state index in [-0.39, 0.29) is 0 Å². The molecule has 0 heterocycles. The summed E-state index contributed by atoms with van der Waals surface area (Å²) >= 11 is 0. The molecule has 1 unspecified atom stereocenters. The fraction of sp³-hybridized carbons (Fsp3) is 0.333. The molecular formula is C18H23NO. The van der Waals surface area contributed by atoms with Crippen LogP contribution in [0.1, 0.15) is 25.0 Å². The summed E-state index contributed by atoms with van der Waals surface area (Å²) in [5, 5.41) is 3.56. The van der Waals surface area contributed by atoms with E-state index in [1.807, 2.05) is 19.1 Å². The van der Waals surface area contributed by atoms with Crippen LogP contribution in [-0.2, 0) is 13.0 Å². The minimum atomic E-state index is 0.452. The van der Waals surface area contributed by atoms with E-state index in [4.69, 9.17) is 4.74 Å². The van der Waals surface area contributed by atoms with Crippen molar-refractivity contribution in [2.45, 2.75) is 32.9 Å². The summed E-state index contributed by atoms with van der Waals surface area (Å²) in [5.74, 6) is 0.947. The van der Waals surface area contributed by atoms with E-state index in [2.05, 4.69) is 54.7 Å². The van der Waals surface area contributed by atoms with Crippen LogP contribution in [0.25, 0.3) is 0 Å². The van der Waals surface area contributed by atoms with Crippen molar-refractivity contribution in [3.8, 4) is 5.75 Å². The van der Waals surface area contributed by atoms with Crippen LogP contribution in [0.15, 0.2) is 54.6 Å². The molecule has 0 bridgehead atoms. The molecule has 2 nitrogen and oxygen atoms in total. The molecule has 2 rings (SSSR count). The molecule has 20 heavy (non-hydrogen) atoms. The maximum Gasteiger partial charge on any atom is 0.119 e. The Bertz CT molecular complexity index is 510. The van der Waals surface area contributed by atoms with Gasteiger partial charge in [-0.05, 0) is 43.5 Å². The van der Waals surface area contributed by atoms with Gasteiger partial charge in [0, 0.05) is 12.6 Å². The molecule has 106 valence electrons. The maximum absolute atomic E-state index is 5.52. The molecule has 0 saturated carbocycles. The first-order chi connectivity index (χ1) is 9.78. The van der Waals surface area contributed by atoms with Crippen molar-refractivity contribution in [3.05, 3.63) is 65.7 Å². The Morgan fingerprint density at radius 3 is 2.50 bits per heavy atom. The Morgan fingerprint density at radius 1 is 1.00 bits per heavy atom. The monoisotopic (exact) mass is 269 g/mol. The molecule has 0 radical (unpaired) electrons. The van der Waals surface area contributed by atoms with Crippen molar-refractivity contribution in [3.63, 3.8) is 0 Å². The molecule has 0 aliphatic heterocycles. The van der Waals surface area contributed by atoms with Crippen molar-refractivity contribution in [1.29, 1.82) is 0 Å². The Balaban J connectivity index is 1.83. The number of benzene rings is 2. The molecule has 0 amide bonds. The summed E-state index contributed by atoms with van der Waals surface area (Å²) in [6.45, 7) is 5.81. The van der Waals surface area contributed by atoms with Crippen LogP contribution < -0.4 is 10.1 Å². The van der Waals surface area contributed by atoms with Gasteiger partial charge >= 0.3 is 0 Å². The van der Waals surface area contributed by atoms with Crippen molar-refractivity contribution in [2.75, 3.05) is 6.61 Å². The summed E-state index contributed by atoms with van der Waals surface area (Å²) in [6.07, 6.45) is 1.05. The zero-order valence-corrected chi connectivity index (χ0v) is 12.3. The average molecular weight is 269 g/mol. The predicted octanol–water partition coefficient (Wildman–Crippen LogP) is 3.81. The molecule has 2 aromatic rings. The van der Waals surface area contributed by atoms with Crippen LogP contribution in [0.2, 0.25) is 0 Å². The Hall–Kier alpha value is -1.80. The standard InChI is InChI=1S/C18H23NO/c1-3-20-18-11-7-10-17(13-18)14-19-15(2)12-16-8-5-4-6-9-16/h4-11,13,15,19H,3,12,14H2,1-2H3. The zero-order valence-electron chi connectivity index (χ0n) is 12.3. The highest BCUT2D eigenvalue weighted by Gasteiger charge is 2.03. The minimum absolute atomic E-state index is 0.452. The van der Waals surface area contributed by atoms with E-state index < -0.39 is 0 Å². The maximum atomic E-state index is 5.52. The molecule has 1 N–H and O–H groups in total. The van der Waals surface area contributed by atoms with Gasteiger partial charge in [0.1, 0.15) is 5.75 Å². The quantitative estimate of drug-likeness (QED) is 0.825. The van der Waals surface area contributed by atoms with Crippen molar-refractivity contribution in [2.24, 2.45) is 0 Å². The Labute approximate surface area is 121 Å². The Morgan fingerprint density at radius 2 is 1.75 bits per heavy atom. The summed E-state index contributed by atoms with van der Waals surface area (Å²) in [6, 6.07) is 19.3. The summed E-state index contributed by atoms with van der Waals surface area (Å²) < 4.78 is 5.52. The number of hydrogen-bond acceptors (Lipinski definition) is 2. The highest BCUT2D eigenvalue weighted by molar-refractivity contribution is 5.28. The van der Waals surface area contributed by atoms with Gasteiger partial charge in [-0.2, -0.15) is 0 Å². The molecule has 0 aliphatic carbocycles. The molecular weight excluding hydrogens is 246 g/mol. The normalized spacial score (nSPS) is 12.1. The second-order valence-corrected chi connectivity index (χ2v) is 5.05. The number of hydrogen-bond donors (Lipinski definition) is 1. The third-order valence-electron chi connectivity index (χ3n) is 3.25. The number of rotatable bonds is 7. The van der Waals surface area contributed by atoms with Crippen LogP contribution in [-0.4, -0.2) is 12.6 Å². The van der Waals surface area contributed by atoms with Gasteiger partial charge in [0.15, 0.2) is 0 Å². The molecule has 2 aromatic carbocycles. The molecule has 0 aliphatic rings. The highest BCUT2D eigenvalue weighted by Crippen LogP contribution is 2.13. The highest BCUT2D eigenvalue weighted by atomic mass is 16.5. The van der Waals surface area contributed by atoms with Gasteiger partial charge in [-0.1, -0.05) is 42.5 Å². The van der Waals surface area contributed by atoms with Crippen molar-refractivity contribution < 1.29 is 4.74 Å². The molecule has 0 saturated heterocycles. The first kappa shape index (κ1) is 14.6. The lowest BCUT2D eigenvalue weighted by Crippen LogP contribution is -2.27. The van der Waals surface area contributed by atoms with Crippen LogP contribution >= 0.6 is 0 Å². The lowest BCUT2D eigenvalue weighted by atomic mass is 10.1. The zero-order chi connectivity index (χ0) is 14.2. The van der Waals surface area contributed by atoms with Gasteiger partial charge in [-0.3, -0.25) is 0 Å². The molecule has 0 fully saturated rings. The minimum Gasteiger partial charge on any atom is -0.494 e. The second-order valence-electron chi connectivity index (χ2n) is 5.05. The summed E-state index contributed by atoms with van der Waals surface area (Å²) in [5.41, 5.74) is 2.63. The predicted molar refractivity (Wildman–Crippen MR) is 84.1 cm³/mol. The van der Waals surface area contributed by atoms with Crippen LogP contribution in [0.3, 0.4) is 0 Å². The van der Waals surface area contributed by atoms with Crippen molar-refractivity contribution >= 4 is 0 Å². The van der Waals surface area contributed by atoms with Gasteiger partial charge in [0.25, 0.3) is 0 Å². The van der Waals surface area contributed by atoms with Gasteiger partial charge in [0.2, 0.25) is 0 Å². The number of nitrogens with one attached hydrogen (secondary N) is 1. The first-order valence-electron chi connectivity index (χ1n) is 7.27. The third kappa shape index (κ3) is 4.71. The van der Waals surface area contributed by atoms with Gasteiger partial charge in [-0.15, -0.1) is 0 Å². The lowest BCUT2D eigenvalue weighted by Gasteiger charge is -2.14. The van der Waals surface area contributed by atoms with Crippen LogP contribution in [0.5, 0.6) is 5.75 Å². The second kappa shape index (κ2) is 7.71. The van der Waals surface area contributed by atoms with Gasteiger partial charge < -0.3 is 10.1 Å². The summed E-state index contributed by atoms with van der Waals surface area (Å²) in [4.78, 5) is 0. The van der Waals surface area contributed by atoms with E-state index in [0.29, 0.717) is 12.6 Å². The smallest absolute Gasteiger partial charge is 0.119 e. The van der Waals surface area contributed by atoms with Crippen LogP contribution in [0, 0.1) is 0 Å². The molecule has 0 aromatic heterocycles. The average Bonchev–Trinajstić information content (AvgIpc) is 2.47. The fourth-order valence-electron chi connectivity index (χ4n) is 2.24. The van der Waals surface area contributed by atoms with E-state index >= 15 is 0 Å². The SMILES string of the molecule is CCOc1cccc(CNC(C)Cc2ccccc2)c1. The molecule has 0 spiro atoms. The summed E-state index contributed by atoms with van der Waals surface area (Å²) in [7, 11) is 0. The lowest BCUT2D eigenvalue weighted by molar-refractivity contribution is 0.339. The van der Waals surface area contributed by atoms with E-state index in [1.165, 1.54) is 11.1 Å². The van der Waals surface area contributed by atoms with E-state index in [1.54, 1.807) is 0 Å². The Kier molecular flexibility index (Phi) is 5.63. The van der Waals surface area contributed by atoms with Crippen molar-refractivity contribution in [1.82, 2.24) is 5.32 Å². The molecule has 1 atom stereocenters. The number of ether oxygens (including phenoxy) is 1. The topological polar surface area (TPSA) is 21.3 Å². The first-order valence-corrected chi connectivity index (χ1v) is 7.27. The van der Waals surface area contributed by atoms with Crippen LogP contribution in [0.4, 0.5) is 0 Å².